The summed E-state index contributed by atoms with van der Waals surface area (Å²) in [5.41, 5.74) is 0.633. The number of aromatic nitrogens is 2. The average Bonchev–Trinajstić information content (AvgIpc) is 3.30. The van der Waals surface area contributed by atoms with Crippen LogP contribution in [-0.4, -0.2) is 52.5 Å². The van der Waals surface area contributed by atoms with E-state index in [4.69, 9.17) is 4.74 Å². The Morgan fingerprint density at radius 3 is 2.69 bits per heavy atom. The number of hydrogen-bond acceptors (Lipinski definition) is 6. The molecule has 3 aliphatic rings. The summed E-state index contributed by atoms with van der Waals surface area (Å²) in [6.07, 6.45) is 10.5. The highest BCUT2D eigenvalue weighted by Gasteiger charge is 2.50. The van der Waals surface area contributed by atoms with Crippen LogP contribution in [0.4, 0.5) is 5.82 Å². The number of fused-ring (bicyclic) bond motifs is 1. The smallest absolute Gasteiger partial charge is 0.316 e. The molecule has 7 heteroatoms. The fourth-order valence-electron chi connectivity index (χ4n) is 5.77. The van der Waals surface area contributed by atoms with Gasteiger partial charge in [0.2, 0.25) is 5.91 Å². The van der Waals surface area contributed by atoms with Crippen LogP contribution in [-0.2, 0) is 19.7 Å². The summed E-state index contributed by atoms with van der Waals surface area (Å²) in [5.74, 6) is 1.27. The normalized spacial score (nSPS) is 26.6. The maximum absolute atomic E-state index is 13.3. The molecule has 32 heavy (non-hydrogen) atoms. The second kappa shape index (κ2) is 8.98. The van der Waals surface area contributed by atoms with Crippen LogP contribution in [0.1, 0.15) is 44.1 Å². The Balaban J connectivity index is 1.14. The highest BCUT2D eigenvalue weighted by atomic mass is 16.5. The number of carbonyl (C=O) groups is 2. The van der Waals surface area contributed by atoms with Gasteiger partial charge < -0.3 is 10.1 Å². The van der Waals surface area contributed by atoms with Crippen molar-refractivity contribution in [2.75, 3.05) is 25.0 Å². The van der Waals surface area contributed by atoms with E-state index in [-0.39, 0.29) is 18.0 Å². The van der Waals surface area contributed by atoms with Crippen molar-refractivity contribution in [3.8, 4) is 0 Å². The first-order valence-electron chi connectivity index (χ1n) is 11.7. The van der Waals surface area contributed by atoms with Crippen LogP contribution >= 0.6 is 0 Å². The molecular formula is C25H30N4O3. The first kappa shape index (κ1) is 21.1. The molecule has 3 fully saturated rings. The third kappa shape index (κ3) is 4.13. The Kier molecular flexibility index (Phi) is 5.91. The van der Waals surface area contributed by atoms with Gasteiger partial charge in [-0.25, -0.2) is 4.98 Å². The van der Waals surface area contributed by atoms with Gasteiger partial charge in [-0.1, -0.05) is 43.2 Å². The van der Waals surface area contributed by atoms with Crippen LogP contribution in [0.15, 0.2) is 48.9 Å². The predicted octanol–water partition coefficient (Wildman–Crippen LogP) is 3.18. The number of likely N-dealkylation sites (tertiary alicyclic amines) is 1. The number of carbonyl (C=O) groups excluding carboxylic acids is 2. The fourth-order valence-corrected chi connectivity index (χ4v) is 5.77. The highest BCUT2D eigenvalue weighted by Crippen LogP contribution is 2.46. The predicted molar refractivity (Wildman–Crippen MR) is 120 cm³/mol. The first-order chi connectivity index (χ1) is 15.6. The molecule has 0 spiro atoms. The summed E-state index contributed by atoms with van der Waals surface area (Å²) in [6.45, 7) is 2.06. The molecule has 7 nitrogen and oxygen atoms in total. The Morgan fingerprint density at radius 2 is 1.97 bits per heavy atom. The molecule has 2 saturated carbocycles. The quantitative estimate of drug-likeness (QED) is 0.703. The summed E-state index contributed by atoms with van der Waals surface area (Å²) < 4.78 is 6.14. The zero-order valence-electron chi connectivity index (χ0n) is 18.3. The Hall–Kier alpha value is -2.80. The molecule has 1 aliphatic heterocycles. The molecule has 1 saturated heterocycles. The van der Waals surface area contributed by atoms with E-state index in [1.54, 1.807) is 18.6 Å². The van der Waals surface area contributed by atoms with Crippen LogP contribution in [0.25, 0.3) is 0 Å². The lowest BCUT2D eigenvalue weighted by Crippen LogP contribution is -2.56. The molecule has 1 N–H and O–H groups in total. The van der Waals surface area contributed by atoms with Gasteiger partial charge in [0, 0.05) is 24.9 Å². The number of ether oxygens (including phenoxy) is 1. The second-order valence-corrected chi connectivity index (χ2v) is 9.42. The molecule has 1 amide bonds. The number of hydrogen-bond donors (Lipinski definition) is 1. The number of anilines is 1. The number of amides is 1. The molecule has 2 aromatic rings. The maximum Gasteiger partial charge on any atom is 0.316 e. The number of benzene rings is 1. The van der Waals surface area contributed by atoms with Crippen LogP contribution in [0.5, 0.6) is 0 Å². The number of nitrogens with zero attached hydrogens (tertiary/aromatic N) is 3. The molecule has 3 atom stereocenters. The van der Waals surface area contributed by atoms with Crippen molar-refractivity contribution in [1.29, 1.82) is 0 Å². The zero-order valence-corrected chi connectivity index (χ0v) is 18.3. The zero-order chi connectivity index (χ0) is 22.0. The molecule has 1 aromatic carbocycles. The minimum Gasteiger partial charge on any atom is -0.461 e. The van der Waals surface area contributed by atoms with Crippen molar-refractivity contribution in [3.63, 3.8) is 0 Å². The van der Waals surface area contributed by atoms with Crippen LogP contribution in [0.2, 0.25) is 0 Å². The average molecular weight is 435 g/mol. The first-order valence-corrected chi connectivity index (χ1v) is 11.7. The van der Waals surface area contributed by atoms with Crippen LogP contribution in [0, 0.1) is 11.8 Å². The molecule has 0 bridgehead atoms. The van der Waals surface area contributed by atoms with Crippen LogP contribution in [0.3, 0.4) is 0 Å². The largest absolute Gasteiger partial charge is 0.461 e. The van der Waals surface area contributed by atoms with Gasteiger partial charge in [-0.15, -0.1) is 0 Å². The summed E-state index contributed by atoms with van der Waals surface area (Å²) in [6, 6.07) is 10.2. The van der Waals surface area contributed by atoms with Gasteiger partial charge in [0.05, 0.1) is 18.2 Å². The second-order valence-electron chi connectivity index (χ2n) is 9.42. The van der Waals surface area contributed by atoms with E-state index in [0.717, 1.165) is 57.2 Å². The number of piperidine rings is 1. The summed E-state index contributed by atoms with van der Waals surface area (Å²) in [5, 5.41) is 2.80. The minimum absolute atomic E-state index is 0.0178. The van der Waals surface area contributed by atoms with Crippen molar-refractivity contribution in [2.24, 2.45) is 11.8 Å². The van der Waals surface area contributed by atoms with E-state index in [1.807, 2.05) is 18.2 Å². The van der Waals surface area contributed by atoms with Crippen molar-refractivity contribution in [2.45, 2.75) is 50.0 Å². The molecular weight excluding hydrogens is 404 g/mol. The third-order valence-electron chi connectivity index (χ3n) is 7.52. The van der Waals surface area contributed by atoms with Gasteiger partial charge in [-0.2, -0.15) is 0 Å². The highest BCUT2D eigenvalue weighted by molar-refractivity contribution is 5.91. The van der Waals surface area contributed by atoms with Gasteiger partial charge in [0.15, 0.2) is 5.82 Å². The molecule has 0 radical (unpaired) electrons. The molecule has 168 valence electrons. The topological polar surface area (TPSA) is 84.4 Å². The summed E-state index contributed by atoms with van der Waals surface area (Å²) in [4.78, 5) is 35.9. The van der Waals surface area contributed by atoms with Crippen molar-refractivity contribution in [3.05, 3.63) is 54.5 Å². The van der Waals surface area contributed by atoms with E-state index >= 15 is 0 Å². The summed E-state index contributed by atoms with van der Waals surface area (Å²) in [7, 11) is 0. The number of rotatable bonds is 6. The lowest BCUT2D eigenvalue weighted by atomic mass is 9.67. The molecule has 1 aromatic heterocycles. The lowest BCUT2D eigenvalue weighted by molar-refractivity contribution is -0.175. The van der Waals surface area contributed by atoms with Crippen molar-refractivity contribution < 1.29 is 14.3 Å². The van der Waals surface area contributed by atoms with E-state index in [0.29, 0.717) is 24.2 Å². The van der Waals surface area contributed by atoms with E-state index in [2.05, 4.69) is 32.3 Å². The van der Waals surface area contributed by atoms with Crippen LogP contribution < -0.4 is 5.32 Å². The fraction of sp³-hybridized carbons (Fsp3) is 0.520. The van der Waals surface area contributed by atoms with Gasteiger partial charge in [-0.3, -0.25) is 19.5 Å². The Bertz CT molecular complexity index is 946. The number of nitrogens with one attached hydrogen (secondary N) is 1. The van der Waals surface area contributed by atoms with Gasteiger partial charge in [0.1, 0.15) is 6.10 Å². The molecule has 5 rings (SSSR count). The van der Waals surface area contributed by atoms with E-state index < -0.39 is 5.41 Å². The van der Waals surface area contributed by atoms with E-state index in [9.17, 15) is 9.59 Å². The van der Waals surface area contributed by atoms with Gasteiger partial charge >= 0.3 is 5.97 Å². The minimum atomic E-state index is -0.467. The van der Waals surface area contributed by atoms with Gasteiger partial charge in [0.25, 0.3) is 0 Å². The van der Waals surface area contributed by atoms with Gasteiger partial charge in [-0.05, 0) is 43.7 Å². The monoisotopic (exact) mass is 434 g/mol. The Labute approximate surface area is 188 Å². The number of esters is 1. The maximum atomic E-state index is 13.3. The SMILES string of the molecule is O=C(CN1CC[C@H]2C(C[C@@H]2OC(=O)C2(c3ccccc3)CCCC2)C1)Nc1cnccn1. The molecule has 2 aliphatic carbocycles. The Morgan fingerprint density at radius 1 is 1.16 bits per heavy atom. The van der Waals surface area contributed by atoms with Crippen molar-refractivity contribution >= 4 is 17.7 Å². The third-order valence-corrected chi connectivity index (χ3v) is 7.52. The standard InChI is InChI=1S/C25H30N4O3/c30-23(28-22-15-26-11-12-27-22)17-29-13-8-20-18(16-29)14-21(20)32-24(31)25(9-4-5-10-25)19-6-2-1-3-7-19/h1-3,6-7,11-12,15,18,20-21H,4-5,8-10,13-14,16-17H2,(H,27,28,30)/t18?,20-,21-/m0/s1. The molecule has 2 heterocycles. The van der Waals surface area contributed by atoms with E-state index in [1.165, 1.54) is 0 Å². The summed E-state index contributed by atoms with van der Waals surface area (Å²) >= 11 is 0. The molecule has 1 unspecified atom stereocenters. The van der Waals surface area contributed by atoms with Crippen molar-refractivity contribution in [1.82, 2.24) is 14.9 Å². The lowest BCUT2D eigenvalue weighted by Gasteiger charge is -2.50.